The average Bonchev–Trinajstić information content (AvgIpc) is 2.67. The fraction of sp³-hybridized carbons (Fsp3) is 0.812. The topological polar surface area (TPSA) is 76.1 Å². The molecular weight excluding hydrogens is 264 g/mol. The molecule has 1 saturated carbocycles. The Morgan fingerprint density at radius 2 is 1.86 bits per heavy atom. The third-order valence-electron chi connectivity index (χ3n) is 4.78. The zero-order valence-electron chi connectivity index (χ0n) is 14.0. The van der Waals surface area contributed by atoms with E-state index in [2.05, 4.69) is 38.1 Å². The number of anilines is 2. The van der Waals surface area contributed by atoms with Crippen LogP contribution in [0.15, 0.2) is 0 Å². The van der Waals surface area contributed by atoms with Gasteiger partial charge in [-0.1, -0.05) is 27.7 Å². The molecule has 120 valence electrons. The summed E-state index contributed by atoms with van der Waals surface area (Å²) in [5.74, 6) is 1.11. The van der Waals surface area contributed by atoms with Crippen LogP contribution in [0.1, 0.15) is 65.0 Å². The Morgan fingerprint density at radius 1 is 1.29 bits per heavy atom. The number of hydrogen-bond acceptors (Lipinski definition) is 4. The van der Waals surface area contributed by atoms with Crippen molar-refractivity contribution in [2.45, 2.75) is 64.9 Å². The van der Waals surface area contributed by atoms with Gasteiger partial charge < -0.3 is 16.2 Å². The fourth-order valence-electron chi connectivity index (χ4n) is 3.01. The maximum Gasteiger partial charge on any atom is 0.147 e. The van der Waals surface area contributed by atoms with Gasteiger partial charge in [0.1, 0.15) is 5.82 Å². The van der Waals surface area contributed by atoms with E-state index in [0.717, 1.165) is 37.2 Å². The van der Waals surface area contributed by atoms with Gasteiger partial charge in [0.05, 0.1) is 17.0 Å². The SMILES string of the molecule is CC(C)c1nn(C)c(NCC2(O)CCC(C)(C)CC2)c1N. The van der Waals surface area contributed by atoms with Crippen LogP contribution in [0.25, 0.3) is 0 Å². The molecule has 0 unspecified atom stereocenters. The zero-order valence-corrected chi connectivity index (χ0v) is 14.0. The maximum absolute atomic E-state index is 10.7. The normalized spacial score (nSPS) is 20.7. The van der Waals surface area contributed by atoms with E-state index in [1.54, 1.807) is 4.68 Å². The van der Waals surface area contributed by atoms with Crippen molar-refractivity contribution in [3.63, 3.8) is 0 Å². The molecule has 1 aliphatic rings. The Morgan fingerprint density at radius 3 is 2.33 bits per heavy atom. The van der Waals surface area contributed by atoms with E-state index in [4.69, 9.17) is 5.73 Å². The molecule has 0 atom stereocenters. The Kier molecular flexibility index (Phi) is 4.24. The van der Waals surface area contributed by atoms with Crippen LogP contribution in [0.5, 0.6) is 0 Å². The van der Waals surface area contributed by atoms with Crippen LogP contribution >= 0.6 is 0 Å². The molecule has 5 heteroatoms. The second-order valence-corrected chi connectivity index (χ2v) is 7.67. The molecule has 0 bridgehead atoms. The van der Waals surface area contributed by atoms with Crippen molar-refractivity contribution in [1.82, 2.24) is 9.78 Å². The van der Waals surface area contributed by atoms with Crippen LogP contribution in [-0.2, 0) is 7.05 Å². The Hall–Kier alpha value is -1.23. The fourth-order valence-corrected chi connectivity index (χ4v) is 3.01. The summed E-state index contributed by atoms with van der Waals surface area (Å²) in [4.78, 5) is 0. The van der Waals surface area contributed by atoms with Gasteiger partial charge in [0, 0.05) is 13.6 Å². The molecule has 21 heavy (non-hydrogen) atoms. The summed E-state index contributed by atoms with van der Waals surface area (Å²) in [6.07, 6.45) is 3.79. The number of aliphatic hydroxyl groups is 1. The molecular formula is C16H30N4O. The summed E-state index contributed by atoms with van der Waals surface area (Å²) in [6, 6.07) is 0. The Labute approximate surface area is 127 Å². The molecule has 0 spiro atoms. The molecule has 2 rings (SSSR count). The summed E-state index contributed by atoms with van der Waals surface area (Å²) >= 11 is 0. The number of nitrogens with one attached hydrogen (secondary N) is 1. The van der Waals surface area contributed by atoms with E-state index >= 15 is 0 Å². The highest BCUT2D eigenvalue weighted by Gasteiger charge is 2.36. The summed E-state index contributed by atoms with van der Waals surface area (Å²) in [6.45, 7) is 9.24. The van der Waals surface area contributed by atoms with Crippen molar-refractivity contribution in [3.8, 4) is 0 Å². The molecule has 1 heterocycles. The Bertz CT molecular complexity index is 495. The van der Waals surface area contributed by atoms with Gasteiger partial charge in [0.25, 0.3) is 0 Å². The van der Waals surface area contributed by atoms with Gasteiger partial charge in [-0.05, 0) is 37.0 Å². The zero-order chi connectivity index (χ0) is 15.8. The molecule has 0 aliphatic heterocycles. The van der Waals surface area contributed by atoms with Gasteiger partial charge in [-0.25, -0.2) is 0 Å². The maximum atomic E-state index is 10.7. The first-order valence-electron chi connectivity index (χ1n) is 7.92. The van der Waals surface area contributed by atoms with Crippen molar-refractivity contribution in [2.75, 3.05) is 17.6 Å². The first-order valence-corrected chi connectivity index (χ1v) is 7.92. The van der Waals surface area contributed by atoms with Crippen molar-refractivity contribution >= 4 is 11.5 Å². The average molecular weight is 294 g/mol. The quantitative estimate of drug-likeness (QED) is 0.798. The van der Waals surface area contributed by atoms with Crippen LogP contribution in [0.3, 0.4) is 0 Å². The number of nitrogens with two attached hydrogens (primary N) is 1. The number of rotatable bonds is 4. The summed E-state index contributed by atoms with van der Waals surface area (Å²) in [5.41, 5.74) is 7.51. The van der Waals surface area contributed by atoms with Gasteiger partial charge >= 0.3 is 0 Å². The van der Waals surface area contributed by atoms with E-state index in [9.17, 15) is 5.11 Å². The lowest BCUT2D eigenvalue weighted by molar-refractivity contribution is -0.0146. The molecule has 1 fully saturated rings. The van der Waals surface area contributed by atoms with Crippen LogP contribution in [0.4, 0.5) is 11.5 Å². The standard InChI is InChI=1S/C16H30N4O/c1-11(2)13-12(17)14(20(5)19-13)18-10-16(21)8-6-15(3,4)7-9-16/h11,18,21H,6-10,17H2,1-5H3. The number of nitrogens with zero attached hydrogens (tertiary/aromatic N) is 2. The third-order valence-corrected chi connectivity index (χ3v) is 4.78. The molecule has 4 N–H and O–H groups in total. The third kappa shape index (κ3) is 3.51. The van der Waals surface area contributed by atoms with Gasteiger partial charge in [0.15, 0.2) is 0 Å². The predicted molar refractivity (Wildman–Crippen MR) is 87.4 cm³/mol. The second kappa shape index (κ2) is 5.52. The lowest BCUT2D eigenvalue weighted by atomic mass is 9.71. The van der Waals surface area contributed by atoms with Crippen LogP contribution in [0, 0.1) is 5.41 Å². The summed E-state index contributed by atoms with van der Waals surface area (Å²) in [5, 5.41) is 18.5. The minimum atomic E-state index is -0.635. The van der Waals surface area contributed by atoms with Gasteiger partial charge in [-0.3, -0.25) is 4.68 Å². The molecule has 0 amide bonds. The van der Waals surface area contributed by atoms with Gasteiger partial charge in [0.2, 0.25) is 0 Å². The molecule has 1 aliphatic carbocycles. The van der Waals surface area contributed by atoms with Gasteiger partial charge in [-0.2, -0.15) is 5.10 Å². The highest BCUT2D eigenvalue weighted by atomic mass is 16.3. The smallest absolute Gasteiger partial charge is 0.147 e. The predicted octanol–water partition coefficient (Wildman–Crippen LogP) is 2.87. The van der Waals surface area contributed by atoms with Crippen LogP contribution in [0.2, 0.25) is 0 Å². The highest BCUT2D eigenvalue weighted by Crippen LogP contribution is 2.40. The molecule has 0 aromatic carbocycles. The number of aromatic nitrogens is 2. The number of hydrogen-bond donors (Lipinski definition) is 3. The van der Waals surface area contributed by atoms with Gasteiger partial charge in [-0.15, -0.1) is 0 Å². The van der Waals surface area contributed by atoms with E-state index in [1.807, 2.05) is 7.05 Å². The minimum Gasteiger partial charge on any atom is -0.394 e. The lowest BCUT2D eigenvalue weighted by Crippen LogP contribution is -2.42. The molecule has 5 nitrogen and oxygen atoms in total. The first kappa shape index (κ1) is 16.1. The first-order chi connectivity index (χ1) is 9.64. The van der Waals surface area contributed by atoms with Crippen molar-refractivity contribution < 1.29 is 5.11 Å². The van der Waals surface area contributed by atoms with Crippen molar-refractivity contribution in [3.05, 3.63) is 5.69 Å². The van der Waals surface area contributed by atoms with Crippen LogP contribution in [-0.4, -0.2) is 27.0 Å². The monoisotopic (exact) mass is 294 g/mol. The second-order valence-electron chi connectivity index (χ2n) is 7.67. The van der Waals surface area contributed by atoms with E-state index in [0.29, 0.717) is 23.6 Å². The van der Waals surface area contributed by atoms with Crippen LogP contribution < -0.4 is 11.1 Å². The number of nitrogen functional groups attached to an aromatic ring is 1. The minimum absolute atomic E-state index is 0.297. The Balaban J connectivity index is 2.04. The lowest BCUT2D eigenvalue weighted by Gasteiger charge is -2.40. The van der Waals surface area contributed by atoms with E-state index in [-0.39, 0.29) is 0 Å². The summed E-state index contributed by atoms with van der Waals surface area (Å²) in [7, 11) is 1.89. The van der Waals surface area contributed by atoms with E-state index < -0.39 is 5.60 Å². The van der Waals surface area contributed by atoms with E-state index in [1.165, 1.54) is 0 Å². The molecule has 1 aromatic heterocycles. The molecule has 0 radical (unpaired) electrons. The summed E-state index contributed by atoms with van der Waals surface area (Å²) < 4.78 is 1.78. The van der Waals surface area contributed by atoms with Crippen molar-refractivity contribution in [2.24, 2.45) is 12.5 Å². The number of aryl methyl sites for hydroxylation is 1. The highest BCUT2D eigenvalue weighted by molar-refractivity contribution is 5.65. The molecule has 1 aromatic rings. The molecule has 0 saturated heterocycles. The largest absolute Gasteiger partial charge is 0.394 e. The van der Waals surface area contributed by atoms with Crippen molar-refractivity contribution in [1.29, 1.82) is 0 Å².